The van der Waals surface area contributed by atoms with Gasteiger partial charge in [-0.25, -0.2) is 9.97 Å². The standard InChI is InChI=1S/C18H19F3N6O/c1-17(28,18(19,20)21)14-10-27-13(8-24-16(27)9-23-14)12-3-2-4-15(26-12)25-11-5-6-22-7-11/h2-4,8-11,22,28H,5-7H2,1H3,(H,25,26). The van der Waals surface area contributed by atoms with Gasteiger partial charge < -0.3 is 15.7 Å². The molecule has 0 aromatic carbocycles. The Balaban J connectivity index is 1.72. The van der Waals surface area contributed by atoms with Crippen molar-refractivity contribution in [2.45, 2.75) is 31.2 Å². The van der Waals surface area contributed by atoms with Crippen LogP contribution in [0.4, 0.5) is 19.0 Å². The highest BCUT2D eigenvalue weighted by molar-refractivity contribution is 5.61. The van der Waals surface area contributed by atoms with Gasteiger partial charge in [-0.2, -0.15) is 13.2 Å². The number of pyridine rings is 1. The molecular formula is C18H19F3N6O. The molecule has 0 radical (unpaired) electrons. The number of aromatic nitrogens is 4. The van der Waals surface area contributed by atoms with Crippen molar-refractivity contribution in [1.82, 2.24) is 24.7 Å². The summed E-state index contributed by atoms with van der Waals surface area (Å²) in [6, 6.07) is 5.69. The molecule has 4 heterocycles. The smallest absolute Gasteiger partial charge is 0.375 e. The highest BCUT2D eigenvalue weighted by Crippen LogP contribution is 2.37. The largest absolute Gasteiger partial charge is 0.422 e. The molecule has 4 rings (SSSR count). The Bertz CT molecular complexity index is 994. The molecule has 7 nitrogen and oxygen atoms in total. The third-order valence-electron chi connectivity index (χ3n) is 4.87. The van der Waals surface area contributed by atoms with E-state index in [0.717, 1.165) is 25.7 Å². The van der Waals surface area contributed by atoms with E-state index in [1.165, 1.54) is 16.8 Å². The van der Waals surface area contributed by atoms with Crippen LogP contribution in [0, 0.1) is 0 Å². The lowest BCUT2D eigenvalue weighted by Gasteiger charge is -2.25. The zero-order valence-corrected chi connectivity index (χ0v) is 15.0. The Kier molecular flexibility index (Phi) is 4.47. The molecule has 0 saturated carbocycles. The highest BCUT2D eigenvalue weighted by Gasteiger charge is 2.52. The van der Waals surface area contributed by atoms with Gasteiger partial charge in [0.25, 0.3) is 0 Å². The lowest BCUT2D eigenvalue weighted by molar-refractivity contribution is -0.260. The van der Waals surface area contributed by atoms with Crippen molar-refractivity contribution in [2.24, 2.45) is 0 Å². The molecule has 28 heavy (non-hydrogen) atoms. The Hall–Kier alpha value is -2.72. The average Bonchev–Trinajstić information content (AvgIpc) is 3.30. The number of anilines is 1. The number of alkyl halides is 3. The summed E-state index contributed by atoms with van der Waals surface area (Å²) >= 11 is 0. The van der Waals surface area contributed by atoms with Gasteiger partial charge in [0.15, 0.2) is 5.65 Å². The molecule has 3 aromatic rings. The summed E-state index contributed by atoms with van der Waals surface area (Å²) in [5.41, 5.74) is -2.18. The van der Waals surface area contributed by atoms with Gasteiger partial charge >= 0.3 is 6.18 Å². The normalized spacial score (nSPS) is 19.7. The zero-order valence-electron chi connectivity index (χ0n) is 15.0. The fraction of sp³-hybridized carbons (Fsp3) is 0.389. The molecule has 10 heteroatoms. The molecule has 0 bridgehead atoms. The maximum Gasteiger partial charge on any atom is 0.422 e. The summed E-state index contributed by atoms with van der Waals surface area (Å²) in [5.74, 6) is 0.678. The number of halogens is 3. The minimum absolute atomic E-state index is 0.280. The van der Waals surface area contributed by atoms with Crippen LogP contribution in [0.2, 0.25) is 0 Å². The van der Waals surface area contributed by atoms with Crippen LogP contribution in [0.25, 0.3) is 17.0 Å². The molecule has 0 amide bonds. The Morgan fingerprint density at radius 2 is 2.07 bits per heavy atom. The molecule has 1 saturated heterocycles. The summed E-state index contributed by atoms with van der Waals surface area (Å²) in [7, 11) is 0. The van der Waals surface area contributed by atoms with Crippen molar-refractivity contribution in [2.75, 3.05) is 18.4 Å². The molecule has 148 valence electrons. The maximum atomic E-state index is 13.2. The average molecular weight is 392 g/mol. The molecule has 0 spiro atoms. The predicted molar refractivity (Wildman–Crippen MR) is 96.7 cm³/mol. The van der Waals surface area contributed by atoms with Gasteiger partial charge in [0.2, 0.25) is 5.60 Å². The summed E-state index contributed by atoms with van der Waals surface area (Å²) < 4.78 is 41.0. The van der Waals surface area contributed by atoms with Gasteiger partial charge in [0.1, 0.15) is 5.82 Å². The van der Waals surface area contributed by atoms with Crippen molar-refractivity contribution in [3.63, 3.8) is 0 Å². The first kappa shape index (κ1) is 18.6. The van der Waals surface area contributed by atoms with Crippen LogP contribution in [0.3, 0.4) is 0 Å². The second-order valence-electron chi connectivity index (χ2n) is 6.96. The summed E-state index contributed by atoms with van der Waals surface area (Å²) in [6.07, 6.45) is 0.000402. The Morgan fingerprint density at radius 3 is 2.79 bits per heavy atom. The molecular weight excluding hydrogens is 373 g/mol. The third-order valence-corrected chi connectivity index (χ3v) is 4.87. The lowest BCUT2D eigenvalue weighted by atomic mass is 10.0. The first-order valence-corrected chi connectivity index (χ1v) is 8.83. The van der Waals surface area contributed by atoms with Crippen molar-refractivity contribution in [1.29, 1.82) is 0 Å². The minimum atomic E-state index is -4.86. The van der Waals surface area contributed by atoms with Crippen molar-refractivity contribution in [3.8, 4) is 11.4 Å². The zero-order chi connectivity index (χ0) is 19.9. The van der Waals surface area contributed by atoms with E-state index in [2.05, 4.69) is 25.6 Å². The molecule has 1 aliphatic rings. The lowest BCUT2D eigenvalue weighted by Crippen LogP contribution is -2.40. The van der Waals surface area contributed by atoms with E-state index in [-0.39, 0.29) is 6.04 Å². The van der Waals surface area contributed by atoms with Crippen LogP contribution < -0.4 is 10.6 Å². The SMILES string of the molecule is CC(O)(c1cn2c(-c3cccc(NC4CCNC4)n3)cnc2cn1)C(F)(F)F. The van der Waals surface area contributed by atoms with Gasteiger partial charge in [-0.1, -0.05) is 6.07 Å². The van der Waals surface area contributed by atoms with Gasteiger partial charge in [-0.15, -0.1) is 0 Å². The van der Waals surface area contributed by atoms with Crippen LogP contribution in [0.1, 0.15) is 19.0 Å². The number of hydrogen-bond acceptors (Lipinski definition) is 6. The quantitative estimate of drug-likeness (QED) is 0.632. The summed E-state index contributed by atoms with van der Waals surface area (Å²) in [4.78, 5) is 12.5. The van der Waals surface area contributed by atoms with Gasteiger partial charge in [0.05, 0.1) is 29.5 Å². The van der Waals surface area contributed by atoms with E-state index in [4.69, 9.17) is 0 Å². The first-order chi connectivity index (χ1) is 13.3. The summed E-state index contributed by atoms with van der Waals surface area (Å²) in [5, 5.41) is 16.5. The topological polar surface area (TPSA) is 87.4 Å². The van der Waals surface area contributed by atoms with Gasteiger partial charge in [-0.05, 0) is 32.0 Å². The van der Waals surface area contributed by atoms with E-state index >= 15 is 0 Å². The van der Waals surface area contributed by atoms with Crippen molar-refractivity contribution < 1.29 is 18.3 Å². The Labute approximate surface area is 158 Å². The van der Waals surface area contributed by atoms with Crippen LogP contribution >= 0.6 is 0 Å². The van der Waals surface area contributed by atoms with Crippen LogP contribution in [0.5, 0.6) is 0 Å². The van der Waals surface area contributed by atoms with Crippen LogP contribution in [0.15, 0.2) is 36.8 Å². The van der Waals surface area contributed by atoms with E-state index in [1.807, 2.05) is 12.1 Å². The summed E-state index contributed by atoms with van der Waals surface area (Å²) in [6.45, 7) is 2.47. The molecule has 3 aromatic heterocycles. The second kappa shape index (κ2) is 6.71. The van der Waals surface area contributed by atoms with E-state index < -0.39 is 17.5 Å². The van der Waals surface area contributed by atoms with Gasteiger partial charge in [0, 0.05) is 18.8 Å². The number of nitrogens with zero attached hydrogens (tertiary/aromatic N) is 4. The Morgan fingerprint density at radius 1 is 1.25 bits per heavy atom. The van der Waals surface area contributed by atoms with Crippen LogP contribution in [-0.2, 0) is 5.60 Å². The number of nitrogens with one attached hydrogen (secondary N) is 2. The highest BCUT2D eigenvalue weighted by atomic mass is 19.4. The number of rotatable bonds is 4. The van der Waals surface area contributed by atoms with Gasteiger partial charge in [-0.3, -0.25) is 9.38 Å². The molecule has 1 aliphatic heterocycles. The number of fused-ring (bicyclic) bond motifs is 1. The third kappa shape index (κ3) is 3.29. The molecule has 2 unspecified atom stereocenters. The maximum absolute atomic E-state index is 13.2. The molecule has 2 atom stereocenters. The van der Waals surface area contributed by atoms with Crippen molar-refractivity contribution in [3.05, 3.63) is 42.5 Å². The van der Waals surface area contributed by atoms with E-state index in [0.29, 0.717) is 29.8 Å². The predicted octanol–water partition coefficient (Wildman–Crippen LogP) is 2.33. The van der Waals surface area contributed by atoms with E-state index in [1.54, 1.807) is 6.07 Å². The number of imidazole rings is 1. The number of aliphatic hydroxyl groups is 1. The molecule has 3 N–H and O–H groups in total. The first-order valence-electron chi connectivity index (χ1n) is 8.83. The number of hydrogen-bond donors (Lipinski definition) is 3. The van der Waals surface area contributed by atoms with Crippen molar-refractivity contribution >= 4 is 11.5 Å². The monoisotopic (exact) mass is 392 g/mol. The molecule has 1 fully saturated rings. The second-order valence-corrected chi connectivity index (χ2v) is 6.96. The fourth-order valence-electron chi connectivity index (χ4n) is 3.12. The molecule has 0 aliphatic carbocycles. The fourth-order valence-corrected chi connectivity index (χ4v) is 3.12. The van der Waals surface area contributed by atoms with Crippen LogP contribution in [-0.4, -0.2) is 49.8 Å². The minimum Gasteiger partial charge on any atom is -0.375 e. The van der Waals surface area contributed by atoms with E-state index in [9.17, 15) is 18.3 Å².